The average Bonchev–Trinajstić information content (AvgIpc) is 2.59. The molecular weight excluding hydrogens is 385 g/mol. The number of halogens is 2. The van der Waals surface area contributed by atoms with E-state index in [1.807, 2.05) is 19.9 Å². The van der Waals surface area contributed by atoms with Gasteiger partial charge in [0.2, 0.25) is 5.43 Å². The van der Waals surface area contributed by atoms with Crippen LogP contribution in [0.15, 0.2) is 47.3 Å². The molecule has 5 nitrogen and oxygen atoms in total. The molecule has 7 heteroatoms. The Bertz CT molecular complexity index is 1070. The Morgan fingerprint density at radius 1 is 1.04 bits per heavy atom. The maximum Gasteiger partial charge on any atom is 0.280 e. The summed E-state index contributed by atoms with van der Waals surface area (Å²) in [5.41, 5.74) is 2.86. The fourth-order valence-corrected chi connectivity index (χ4v) is 3.29. The molecule has 3 aromatic rings. The van der Waals surface area contributed by atoms with Crippen molar-refractivity contribution in [3.8, 4) is 5.69 Å². The Labute approximate surface area is 166 Å². The van der Waals surface area contributed by atoms with E-state index < -0.39 is 11.3 Å². The minimum Gasteiger partial charge on any atom is -0.319 e. The fraction of sp³-hybridized carbons (Fsp3) is 0.150. The van der Waals surface area contributed by atoms with Gasteiger partial charge in [0.15, 0.2) is 5.69 Å². The highest BCUT2D eigenvalue weighted by Crippen LogP contribution is 2.27. The molecule has 1 heterocycles. The first-order valence-electron chi connectivity index (χ1n) is 8.21. The Kier molecular flexibility index (Phi) is 5.35. The molecule has 1 N–H and O–H groups in total. The predicted molar refractivity (Wildman–Crippen MR) is 108 cm³/mol. The zero-order chi connectivity index (χ0) is 19.7. The van der Waals surface area contributed by atoms with Gasteiger partial charge < -0.3 is 5.32 Å². The van der Waals surface area contributed by atoms with Crippen LogP contribution in [0.25, 0.3) is 5.69 Å². The van der Waals surface area contributed by atoms with Crippen LogP contribution in [-0.4, -0.2) is 15.7 Å². The van der Waals surface area contributed by atoms with Crippen molar-refractivity contribution in [2.24, 2.45) is 0 Å². The highest BCUT2D eigenvalue weighted by atomic mass is 35.5. The number of benzene rings is 2. The molecule has 3 rings (SSSR count). The van der Waals surface area contributed by atoms with E-state index in [-0.39, 0.29) is 5.69 Å². The van der Waals surface area contributed by atoms with Gasteiger partial charge in [-0.25, -0.2) is 4.68 Å². The molecule has 0 spiro atoms. The van der Waals surface area contributed by atoms with Crippen molar-refractivity contribution in [3.63, 3.8) is 0 Å². The Morgan fingerprint density at radius 2 is 1.70 bits per heavy atom. The van der Waals surface area contributed by atoms with Crippen LogP contribution < -0.4 is 10.7 Å². The lowest BCUT2D eigenvalue weighted by Gasteiger charge is -2.13. The van der Waals surface area contributed by atoms with Crippen LogP contribution in [-0.2, 0) is 0 Å². The largest absolute Gasteiger partial charge is 0.319 e. The van der Waals surface area contributed by atoms with Gasteiger partial charge in [-0.1, -0.05) is 29.3 Å². The van der Waals surface area contributed by atoms with Crippen molar-refractivity contribution < 1.29 is 4.79 Å². The predicted octanol–water partition coefficient (Wildman–Crippen LogP) is 4.72. The van der Waals surface area contributed by atoms with Crippen molar-refractivity contribution in [1.82, 2.24) is 9.78 Å². The Hall–Kier alpha value is -2.63. The normalized spacial score (nSPS) is 10.7. The van der Waals surface area contributed by atoms with E-state index in [4.69, 9.17) is 23.2 Å². The van der Waals surface area contributed by atoms with Crippen LogP contribution in [0.2, 0.25) is 10.0 Å². The molecule has 1 aromatic heterocycles. The van der Waals surface area contributed by atoms with Gasteiger partial charge in [0.25, 0.3) is 5.91 Å². The summed E-state index contributed by atoms with van der Waals surface area (Å²) < 4.78 is 1.52. The number of carbonyl (C=O) groups excluding carboxylic acids is 1. The number of carbonyl (C=O) groups is 1. The van der Waals surface area contributed by atoms with Gasteiger partial charge >= 0.3 is 0 Å². The van der Waals surface area contributed by atoms with Gasteiger partial charge in [0.05, 0.1) is 16.4 Å². The van der Waals surface area contributed by atoms with E-state index in [9.17, 15) is 9.59 Å². The van der Waals surface area contributed by atoms with Gasteiger partial charge in [-0.2, -0.15) is 5.10 Å². The third-order valence-corrected chi connectivity index (χ3v) is 4.61. The standard InChI is InChI=1S/C20H17Cl2N3O2/c1-11-8-12(2)18(16(22)9-11)23-20(27)19-17(26)10-13(3)25(24-19)15-6-4-14(21)5-7-15/h4-10H,1-3H3,(H,23,27). The van der Waals surface area contributed by atoms with Crippen LogP contribution in [0.1, 0.15) is 27.3 Å². The number of nitrogens with one attached hydrogen (secondary N) is 1. The monoisotopic (exact) mass is 401 g/mol. The van der Waals surface area contributed by atoms with Crippen LogP contribution in [0.5, 0.6) is 0 Å². The molecule has 0 unspecified atom stereocenters. The van der Waals surface area contributed by atoms with Crippen molar-refractivity contribution >= 4 is 34.8 Å². The van der Waals surface area contributed by atoms with Gasteiger partial charge in [0.1, 0.15) is 0 Å². The molecule has 0 fully saturated rings. The maximum atomic E-state index is 12.7. The lowest BCUT2D eigenvalue weighted by atomic mass is 10.1. The molecule has 1 amide bonds. The highest BCUT2D eigenvalue weighted by Gasteiger charge is 2.18. The number of aryl methyl sites for hydroxylation is 3. The van der Waals surface area contributed by atoms with Crippen molar-refractivity contribution in [2.75, 3.05) is 5.32 Å². The number of rotatable bonds is 3. The molecule has 138 valence electrons. The molecule has 0 aliphatic carbocycles. The number of nitrogens with zero attached hydrogens (tertiary/aromatic N) is 2. The first kappa shape index (κ1) is 19.1. The van der Waals surface area contributed by atoms with Crippen LogP contribution >= 0.6 is 23.2 Å². The molecule has 0 aliphatic heterocycles. The maximum absolute atomic E-state index is 12.7. The number of amides is 1. The summed E-state index contributed by atoms with van der Waals surface area (Å²) in [6.07, 6.45) is 0. The topological polar surface area (TPSA) is 64.0 Å². The average molecular weight is 402 g/mol. The number of anilines is 1. The summed E-state index contributed by atoms with van der Waals surface area (Å²) in [6, 6.07) is 12.0. The summed E-state index contributed by atoms with van der Waals surface area (Å²) in [4.78, 5) is 25.0. The molecule has 0 aliphatic rings. The van der Waals surface area contributed by atoms with Crippen LogP contribution in [0, 0.1) is 20.8 Å². The second kappa shape index (κ2) is 7.55. The first-order chi connectivity index (χ1) is 12.8. The lowest BCUT2D eigenvalue weighted by Crippen LogP contribution is -2.27. The molecule has 0 saturated carbocycles. The summed E-state index contributed by atoms with van der Waals surface area (Å²) in [5.74, 6) is -0.614. The number of hydrogen-bond acceptors (Lipinski definition) is 3. The molecular formula is C20H17Cl2N3O2. The van der Waals surface area contributed by atoms with Crippen molar-refractivity contribution in [3.05, 3.63) is 85.2 Å². The fourth-order valence-electron chi connectivity index (χ4n) is 2.80. The van der Waals surface area contributed by atoms with E-state index in [1.165, 1.54) is 10.7 Å². The van der Waals surface area contributed by atoms with Crippen LogP contribution in [0.3, 0.4) is 0 Å². The van der Waals surface area contributed by atoms with Crippen LogP contribution in [0.4, 0.5) is 5.69 Å². The van der Waals surface area contributed by atoms with Gasteiger partial charge in [-0.3, -0.25) is 9.59 Å². The van der Waals surface area contributed by atoms with E-state index >= 15 is 0 Å². The molecule has 0 atom stereocenters. The molecule has 27 heavy (non-hydrogen) atoms. The number of hydrogen-bond donors (Lipinski definition) is 1. The molecule has 2 aromatic carbocycles. The Morgan fingerprint density at radius 3 is 2.33 bits per heavy atom. The zero-order valence-corrected chi connectivity index (χ0v) is 16.5. The van der Waals surface area contributed by atoms with E-state index in [1.54, 1.807) is 37.3 Å². The summed E-state index contributed by atoms with van der Waals surface area (Å²) >= 11 is 12.2. The quantitative estimate of drug-likeness (QED) is 0.690. The zero-order valence-electron chi connectivity index (χ0n) is 15.0. The van der Waals surface area contributed by atoms with Gasteiger partial charge in [-0.05, 0) is 62.2 Å². The first-order valence-corrected chi connectivity index (χ1v) is 8.97. The summed E-state index contributed by atoms with van der Waals surface area (Å²) in [5, 5.41) is 7.94. The van der Waals surface area contributed by atoms with E-state index in [0.717, 1.165) is 11.1 Å². The van der Waals surface area contributed by atoms with E-state index in [0.29, 0.717) is 27.1 Å². The third-order valence-electron chi connectivity index (χ3n) is 4.06. The van der Waals surface area contributed by atoms with Crippen molar-refractivity contribution in [1.29, 1.82) is 0 Å². The summed E-state index contributed by atoms with van der Waals surface area (Å²) in [6.45, 7) is 5.49. The summed E-state index contributed by atoms with van der Waals surface area (Å²) in [7, 11) is 0. The SMILES string of the molecule is Cc1cc(C)c(NC(=O)c2nn(-c3ccc(Cl)cc3)c(C)cc2=O)c(Cl)c1. The lowest BCUT2D eigenvalue weighted by molar-refractivity contribution is 0.101. The minimum absolute atomic E-state index is 0.216. The third kappa shape index (κ3) is 4.04. The Balaban J connectivity index is 2.02. The second-order valence-corrected chi connectivity index (χ2v) is 7.12. The van der Waals surface area contributed by atoms with E-state index in [2.05, 4.69) is 10.4 Å². The van der Waals surface area contributed by atoms with Gasteiger partial charge in [0, 0.05) is 16.8 Å². The van der Waals surface area contributed by atoms with Gasteiger partial charge in [-0.15, -0.1) is 0 Å². The second-order valence-electron chi connectivity index (χ2n) is 6.28. The highest BCUT2D eigenvalue weighted by molar-refractivity contribution is 6.34. The molecule has 0 radical (unpaired) electrons. The number of aromatic nitrogens is 2. The molecule has 0 bridgehead atoms. The molecule has 0 saturated heterocycles. The smallest absolute Gasteiger partial charge is 0.280 e. The van der Waals surface area contributed by atoms with Crippen molar-refractivity contribution in [2.45, 2.75) is 20.8 Å². The minimum atomic E-state index is -0.614.